The van der Waals surface area contributed by atoms with Crippen LogP contribution in [0.5, 0.6) is 0 Å². The minimum Gasteiger partial charge on any atom is -0.481 e. The van der Waals surface area contributed by atoms with Crippen LogP contribution in [-0.2, 0) is 17.8 Å². The molecule has 0 radical (unpaired) electrons. The van der Waals surface area contributed by atoms with Crippen LogP contribution in [0, 0.1) is 5.92 Å². The van der Waals surface area contributed by atoms with Gasteiger partial charge < -0.3 is 9.67 Å². The van der Waals surface area contributed by atoms with E-state index in [2.05, 4.69) is 4.98 Å². The summed E-state index contributed by atoms with van der Waals surface area (Å²) in [4.78, 5) is 15.1. The van der Waals surface area contributed by atoms with Gasteiger partial charge >= 0.3 is 5.97 Å². The van der Waals surface area contributed by atoms with Crippen LogP contribution in [0.4, 0.5) is 0 Å². The molecule has 0 amide bonds. The summed E-state index contributed by atoms with van der Waals surface area (Å²) in [5.74, 6) is -0.389. The van der Waals surface area contributed by atoms with Gasteiger partial charge in [0.2, 0.25) is 0 Å². The third-order valence-corrected chi connectivity index (χ3v) is 2.91. The van der Waals surface area contributed by atoms with Gasteiger partial charge in [-0.05, 0) is 5.56 Å². The highest BCUT2D eigenvalue weighted by Crippen LogP contribution is 2.10. The summed E-state index contributed by atoms with van der Waals surface area (Å²) in [6, 6.07) is 10.1. The Kier molecular flexibility index (Phi) is 3.77. The zero-order valence-corrected chi connectivity index (χ0v) is 10.3. The van der Waals surface area contributed by atoms with E-state index >= 15 is 0 Å². The number of aromatic nitrogens is 2. The van der Waals surface area contributed by atoms with E-state index in [1.807, 2.05) is 41.1 Å². The number of carboxylic acid groups (broad SMARTS) is 1. The minimum absolute atomic E-state index is 0.415. The molecule has 1 heterocycles. The molecule has 1 atom stereocenters. The molecule has 1 unspecified atom stereocenters. The van der Waals surface area contributed by atoms with Crippen LogP contribution >= 0.6 is 0 Å². The monoisotopic (exact) mass is 244 g/mol. The molecule has 0 spiro atoms. The van der Waals surface area contributed by atoms with Crippen LogP contribution in [0.3, 0.4) is 0 Å². The number of nitrogens with zero attached hydrogens (tertiary/aromatic N) is 2. The maximum atomic E-state index is 10.9. The predicted octanol–water partition coefficient (Wildman–Crippen LogP) is 2.19. The molecular weight excluding hydrogens is 228 g/mol. The molecule has 94 valence electrons. The van der Waals surface area contributed by atoms with Crippen molar-refractivity contribution in [1.82, 2.24) is 9.55 Å². The molecule has 0 fully saturated rings. The Morgan fingerprint density at radius 3 is 2.78 bits per heavy atom. The first-order valence-electron chi connectivity index (χ1n) is 5.93. The van der Waals surface area contributed by atoms with Crippen LogP contribution in [0.25, 0.3) is 0 Å². The summed E-state index contributed by atoms with van der Waals surface area (Å²) in [6.45, 7) is 2.42. The fraction of sp³-hybridized carbons (Fsp3) is 0.286. The molecular formula is C14H16N2O2. The Balaban J connectivity index is 2.11. The Morgan fingerprint density at radius 2 is 2.11 bits per heavy atom. The molecule has 0 aliphatic heterocycles. The lowest BCUT2D eigenvalue weighted by molar-refractivity contribution is -0.141. The highest BCUT2D eigenvalue weighted by Gasteiger charge is 2.14. The van der Waals surface area contributed by atoms with Crippen molar-refractivity contribution in [3.8, 4) is 0 Å². The number of carboxylic acids is 1. The smallest absolute Gasteiger partial charge is 0.306 e. The molecule has 18 heavy (non-hydrogen) atoms. The van der Waals surface area contributed by atoms with E-state index in [1.54, 1.807) is 13.1 Å². The van der Waals surface area contributed by atoms with Gasteiger partial charge in [0.05, 0.1) is 5.92 Å². The Bertz CT molecular complexity index is 520. The maximum Gasteiger partial charge on any atom is 0.306 e. The molecule has 2 aromatic rings. The highest BCUT2D eigenvalue weighted by atomic mass is 16.4. The molecule has 0 saturated heterocycles. The van der Waals surface area contributed by atoms with Crippen molar-refractivity contribution in [2.45, 2.75) is 19.9 Å². The number of imidazole rings is 1. The van der Waals surface area contributed by atoms with E-state index in [0.717, 1.165) is 12.4 Å². The first-order chi connectivity index (χ1) is 8.66. The van der Waals surface area contributed by atoms with Gasteiger partial charge in [0.15, 0.2) is 0 Å². The van der Waals surface area contributed by atoms with Gasteiger partial charge in [0, 0.05) is 25.4 Å². The third-order valence-electron chi connectivity index (χ3n) is 2.91. The van der Waals surface area contributed by atoms with Crippen LogP contribution in [0.2, 0.25) is 0 Å². The lowest BCUT2D eigenvalue weighted by Gasteiger charge is -2.10. The second-order valence-electron chi connectivity index (χ2n) is 4.40. The summed E-state index contributed by atoms with van der Waals surface area (Å²) in [6.07, 6.45) is 4.05. The van der Waals surface area contributed by atoms with Crippen molar-refractivity contribution < 1.29 is 9.90 Å². The number of carbonyl (C=O) groups is 1. The topological polar surface area (TPSA) is 55.1 Å². The summed E-state index contributed by atoms with van der Waals surface area (Å²) in [5, 5.41) is 8.92. The van der Waals surface area contributed by atoms with E-state index in [-0.39, 0.29) is 0 Å². The molecule has 1 aromatic heterocycles. The van der Waals surface area contributed by atoms with Gasteiger partial charge in [-0.3, -0.25) is 4.79 Å². The van der Waals surface area contributed by atoms with Crippen molar-refractivity contribution in [3.05, 3.63) is 54.1 Å². The standard InChI is InChI=1S/C14H16N2O2/c1-11(14(17)18)9-13-15-7-8-16(13)10-12-5-3-2-4-6-12/h2-8,11H,9-10H2,1H3,(H,17,18). The second kappa shape index (κ2) is 5.49. The van der Waals surface area contributed by atoms with Gasteiger partial charge in [0.1, 0.15) is 5.82 Å². The van der Waals surface area contributed by atoms with Crippen LogP contribution in [-0.4, -0.2) is 20.6 Å². The molecule has 4 nitrogen and oxygen atoms in total. The molecule has 1 aromatic carbocycles. The summed E-state index contributed by atoms with van der Waals surface area (Å²) >= 11 is 0. The van der Waals surface area contributed by atoms with Gasteiger partial charge in [-0.1, -0.05) is 37.3 Å². The molecule has 0 bridgehead atoms. The molecule has 0 aliphatic rings. The largest absolute Gasteiger partial charge is 0.481 e. The third kappa shape index (κ3) is 2.97. The molecule has 4 heteroatoms. The first-order valence-corrected chi connectivity index (χ1v) is 5.93. The fourth-order valence-electron chi connectivity index (χ4n) is 1.82. The van der Waals surface area contributed by atoms with Crippen molar-refractivity contribution in [1.29, 1.82) is 0 Å². The SMILES string of the molecule is CC(Cc1nccn1Cc1ccccc1)C(=O)O. The number of hydrogen-bond donors (Lipinski definition) is 1. The van der Waals surface area contributed by atoms with E-state index in [1.165, 1.54) is 5.56 Å². The minimum atomic E-state index is -0.788. The number of hydrogen-bond acceptors (Lipinski definition) is 2. The van der Waals surface area contributed by atoms with Gasteiger partial charge in [0.25, 0.3) is 0 Å². The number of benzene rings is 1. The maximum absolute atomic E-state index is 10.9. The molecule has 2 rings (SSSR count). The fourth-order valence-corrected chi connectivity index (χ4v) is 1.82. The van der Waals surface area contributed by atoms with Gasteiger partial charge in [-0.2, -0.15) is 0 Å². The average molecular weight is 244 g/mol. The normalized spacial score (nSPS) is 12.3. The van der Waals surface area contributed by atoms with Crippen molar-refractivity contribution in [2.75, 3.05) is 0 Å². The first kappa shape index (κ1) is 12.4. The second-order valence-corrected chi connectivity index (χ2v) is 4.40. The molecule has 0 saturated carbocycles. The van der Waals surface area contributed by atoms with Gasteiger partial charge in [-0.15, -0.1) is 0 Å². The van der Waals surface area contributed by atoms with Crippen molar-refractivity contribution in [2.24, 2.45) is 5.92 Å². The average Bonchev–Trinajstić information content (AvgIpc) is 2.78. The van der Waals surface area contributed by atoms with E-state index in [4.69, 9.17) is 5.11 Å². The Morgan fingerprint density at radius 1 is 1.39 bits per heavy atom. The van der Waals surface area contributed by atoms with E-state index in [9.17, 15) is 4.79 Å². The highest BCUT2D eigenvalue weighted by molar-refractivity contribution is 5.69. The summed E-state index contributed by atoms with van der Waals surface area (Å²) in [5.41, 5.74) is 1.18. The van der Waals surface area contributed by atoms with Crippen molar-refractivity contribution in [3.63, 3.8) is 0 Å². The summed E-state index contributed by atoms with van der Waals surface area (Å²) in [7, 11) is 0. The molecule has 0 aliphatic carbocycles. The van der Waals surface area contributed by atoms with E-state index in [0.29, 0.717) is 6.42 Å². The number of aliphatic carboxylic acids is 1. The zero-order valence-electron chi connectivity index (χ0n) is 10.3. The zero-order chi connectivity index (χ0) is 13.0. The Labute approximate surface area is 106 Å². The number of rotatable bonds is 5. The molecule has 1 N–H and O–H groups in total. The quantitative estimate of drug-likeness (QED) is 0.877. The van der Waals surface area contributed by atoms with Gasteiger partial charge in [-0.25, -0.2) is 4.98 Å². The summed E-state index contributed by atoms with van der Waals surface area (Å²) < 4.78 is 1.99. The lowest BCUT2D eigenvalue weighted by atomic mass is 10.1. The van der Waals surface area contributed by atoms with Crippen molar-refractivity contribution >= 4 is 5.97 Å². The lowest BCUT2D eigenvalue weighted by Crippen LogP contribution is -2.16. The van der Waals surface area contributed by atoms with Crippen LogP contribution in [0.1, 0.15) is 18.3 Å². The Hall–Kier alpha value is -2.10. The van der Waals surface area contributed by atoms with E-state index < -0.39 is 11.9 Å². The van der Waals surface area contributed by atoms with Crippen LogP contribution in [0.15, 0.2) is 42.7 Å². The predicted molar refractivity (Wildman–Crippen MR) is 68.3 cm³/mol. The van der Waals surface area contributed by atoms with Crippen LogP contribution < -0.4 is 0 Å².